The lowest BCUT2D eigenvalue weighted by atomic mass is 10.1. The lowest BCUT2D eigenvalue weighted by molar-refractivity contribution is -0.119. The Balaban J connectivity index is 2.78. The molecule has 0 bridgehead atoms. The topological polar surface area (TPSA) is 62.1 Å². The van der Waals surface area contributed by atoms with Gasteiger partial charge in [0.25, 0.3) is 0 Å². The Bertz CT molecular complexity index is 410. The van der Waals surface area contributed by atoms with E-state index >= 15 is 0 Å². The minimum atomic E-state index is -0.520. The number of rotatable bonds is 4. The van der Waals surface area contributed by atoms with Crippen molar-refractivity contribution in [2.24, 2.45) is 0 Å². The van der Waals surface area contributed by atoms with Gasteiger partial charge in [-0.3, -0.25) is 4.79 Å². The van der Waals surface area contributed by atoms with Gasteiger partial charge in [0.2, 0.25) is 5.91 Å². The number of hydrogen-bond donors (Lipinski definition) is 1. The number of benzene rings is 1. The Morgan fingerprint density at radius 3 is 2.81 bits per heavy atom. The van der Waals surface area contributed by atoms with E-state index in [0.29, 0.717) is 6.42 Å². The van der Waals surface area contributed by atoms with Crippen molar-refractivity contribution in [3.05, 3.63) is 29.8 Å². The van der Waals surface area contributed by atoms with E-state index < -0.39 is 6.04 Å². The van der Waals surface area contributed by atoms with E-state index in [2.05, 4.69) is 5.32 Å². The highest BCUT2D eigenvalue weighted by atomic mass is 16.5. The monoisotopic (exact) mass is 218 g/mol. The summed E-state index contributed by atoms with van der Waals surface area (Å²) in [6.45, 7) is 1.40. The summed E-state index contributed by atoms with van der Waals surface area (Å²) in [6.07, 6.45) is 0.445. The summed E-state index contributed by atoms with van der Waals surface area (Å²) in [4.78, 5) is 10.9. The first kappa shape index (κ1) is 12.1. The molecule has 4 nitrogen and oxygen atoms in total. The standard InChI is InChI=1S/C12H14N2O2/c1-9(15)14-11(8-13)7-10-5-3-4-6-12(10)16-2/h3-6,11H,7H2,1-2H3,(H,14,15). The van der Waals surface area contributed by atoms with Crippen molar-refractivity contribution >= 4 is 5.91 Å². The van der Waals surface area contributed by atoms with Gasteiger partial charge in [-0.1, -0.05) is 18.2 Å². The van der Waals surface area contributed by atoms with Crippen molar-refractivity contribution in [2.75, 3.05) is 7.11 Å². The summed E-state index contributed by atoms with van der Waals surface area (Å²) in [5, 5.41) is 11.5. The zero-order chi connectivity index (χ0) is 12.0. The molecule has 0 radical (unpaired) electrons. The van der Waals surface area contributed by atoms with Gasteiger partial charge in [-0.15, -0.1) is 0 Å². The van der Waals surface area contributed by atoms with Crippen LogP contribution >= 0.6 is 0 Å². The summed E-state index contributed by atoms with van der Waals surface area (Å²) >= 11 is 0. The quantitative estimate of drug-likeness (QED) is 0.827. The average molecular weight is 218 g/mol. The molecule has 16 heavy (non-hydrogen) atoms. The van der Waals surface area contributed by atoms with Crippen LogP contribution in [0.1, 0.15) is 12.5 Å². The number of hydrogen-bond acceptors (Lipinski definition) is 3. The first-order valence-electron chi connectivity index (χ1n) is 4.96. The van der Waals surface area contributed by atoms with E-state index in [-0.39, 0.29) is 5.91 Å². The molecule has 0 aliphatic carbocycles. The minimum absolute atomic E-state index is 0.207. The molecule has 1 aromatic carbocycles. The molecule has 0 aliphatic heterocycles. The molecule has 4 heteroatoms. The number of nitriles is 1. The van der Waals surface area contributed by atoms with Crippen LogP contribution < -0.4 is 10.1 Å². The second-order valence-corrected chi connectivity index (χ2v) is 3.40. The highest BCUT2D eigenvalue weighted by Gasteiger charge is 2.12. The summed E-state index contributed by atoms with van der Waals surface area (Å²) < 4.78 is 5.17. The summed E-state index contributed by atoms with van der Waals surface area (Å²) in [6, 6.07) is 8.98. The first-order chi connectivity index (χ1) is 7.67. The Labute approximate surface area is 94.8 Å². The van der Waals surface area contributed by atoms with Crippen molar-refractivity contribution in [2.45, 2.75) is 19.4 Å². The summed E-state index contributed by atoms with van der Waals surface area (Å²) in [5.74, 6) is 0.523. The fourth-order valence-electron chi connectivity index (χ4n) is 1.47. The first-order valence-corrected chi connectivity index (χ1v) is 4.96. The maximum Gasteiger partial charge on any atom is 0.217 e. The normalized spacial score (nSPS) is 11.3. The molecule has 0 aliphatic rings. The molecule has 1 aromatic rings. The molecule has 1 N–H and O–H groups in total. The molecule has 1 unspecified atom stereocenters. The maximum absolute atomic E-state index is 10.9. The van der Waals surface area contributed by atoms with Gasteiger partial charge in [-0.25, -0.2) is 0 Å². The zero-order valence-electron chi connectivity index (χ0n) is 9.36. The van der Waals surface area contributed by atoms with Gasteiger partial charge in [-0.05, 0) is 11.6 Å². The van der Waals surface area contributed by atoms with Crippen LogP contribution in [0.15, 0.2) is 24.3 Å². The molecule has 84 valence electrons. The van der Waals surface area contributed by atoms with Gasteiger partial charge in [0.15, 0.2) is 0 Å². The molecule has 0 fully saturated rings. The lowest BCUT2D eigenvalue weighted by Crippen LogP contribution is -2.33. The maximum atomic E-state index is 10.9. The van der Waals surface area contributed by atoms with Crippen LogP contribution in [-0.2, 0) is 11.2 Å². The molecular weight excluding hydrogens is 204 g/mol. The molecule has 0 aromatic heterocycles. The van der Waals surface area contributed by atoms with Gasteiger partial charge in [0.1, 0.15) is 11.8 Å². The molecule has 1 rings (SSSR count). The van der Waals surface area contributed by atoms with E-state index in [1.165, 1.54) is 6.92 Å². The molecule has 0 saturated carbocycles. The van der Waals surface area contributed by atoms with Crippen molar-refractivity contribution in [3.63, 3.8) is 0 Å². The number of amides is 1. The molecule has 0 spiro atoms. The van der Waals surface area contributed by atoms with Crippen LogP contribution in [0.25, 0.3) is 0 Å². The predicted molar refractivity (Wildman–Crippen MR) is 59.9 cm³/mol. The third-order valence-electron chi connectivity index (χ3n) is 2.15. The number of carbonyl (C=O) groups excluding carboxylic acids is 1. The summed E-state index contributed by atoms with van der Waals surface area (Å²) in [5.41, 5.74) is 0.908. The highest BCUT2D eigenvalue weighted by molar-refractivity contribution is 5.73. The number of methoxy groups -OCH3 is 1. The van der Waals surface area contributed by atoms with Crippen LogP contribution in [0.5, 0.6) is 5.75 Å². The predicted octanol–water partition coefficient (Wildman–Crippen LogP) is 1.27. The zero-order valence-corrected chi connectivity index (χ0v) is 9.36. The molecular formula is C12H14N2O2. The number of nitrogens with one attached hydrogen (secondary N) is 1. The largest absolute Gasteiger partial charge is 0.496 e. The van der Waals surface area contributed by atoms with Crippen LogP contribution in [0.4, 0.5) is 0 Å². The fraction of sp³-hybridized carbons (Fsp3) is 0.333. The van der Waals surface area contributed by atoms with Crippen molar-refractivity contribution in [1.29, 1.82) is 5.26 Å². The number of carbonyl (C=O) groups is 1. The van der Waals surface area contributed by atoms with Gasteiger partial charge in [-0.2, -0.15) is 5.26 Å². The second kappa shape index (κ2) is 5.76. The third-order valence-corrected chi connectivity index (χ3v) is 2.15. The van der Waals surface area contributed by atoms with E-state index in [1.54, 1.807) is 7.11 Å². The van der Waals surface area contributed by atoms with Crippen LogP contribution in [-0.4, -0.2) is 19.1 Å². The van der Waals surface area contributed by atoms with Crippen molar-refractivity contribution in [1.82, 2.24) is 5.32 Å². The van der Waals surface area contributed by atoms with Crippen molar-refractivity contribution < 1.29 is 9.53 Å². The molecule has 1 amide bonds. The fourth-order valence-corrected chi connectivity index (χ4v) is 1.47. The third kappa shape index (κ3) is 3.28. The summed E-state index contributed by atoms with van der Waals surface area (Å²) in [7, 11) is 1.58. The SMILES string of the molecule is COc1ccccc1CC(C#N)NC(C)=O. The van der Waals surface area contributed by atoms with Crippen LogP contribution in [0.2, 0.25) is 0 Å². The van der Waals surface area contributed by atoms with E-state index in [1.807, 2.05) is 30.3 Å². The van der Waals surface area contributed by atoms with Crippen LogP contribution in [0.3, 0.4) is 0 Å². The van der Waals surface area contributed by atoms with E-state index in [9.17, 15) is 4.79 Å². The lowest BCUT2D eigenvalue weighted by Gasteiger charge is -2.12. The van der Waals surface area contributed by atoms with Gasteiger partial charge in [0, 0.05) is 13.3 Å². The Hall–Kier alpha value is -2.02. The Morgan fingerprint density at radius 2 is 2.25 bits per heavy atom. The van der Waals surface area contributed by atoms with Crippen molar-refractivity contribution in [3.8, 4) is 11.8 Å². The Morgan fingerprint density at radius 1 is 1.56 bits per heavy atom. The number of ether oxygens (including phenoxy) is 1. The Kier molecular flexibility index (Phi) is 4.34. The van der Waals surface area contributed by atoms with Gasteiger partial charge < -0.3 is 10.1 Å². The minimum Gasteiger partial charge on any atom is -0.496 e. The van der Waals surface area contributed by atoms with Gasteiger partial charge >= 0.3 is 0 Å². The number of para-hydroxylation sites is 1. The average Bonchev–Trinajstić information content (AvgIpc) is 2.28. The molecule has 0 saturated heterocycles. The molecule has 1 atom stereocenters. The van der Waals surface area contributed by atoms with Gasteiger partial charge in [0.05, 0.1) is 13.2 Å². The van der Waals surface area contributed by atoms with E-state index in [4.69, 9.17) is 10.00 Å². The van der Waals surface area contributed by atoms with E-state index in [0.717, 1.165) is 11.3 Å². The second-order valence-electron chi connectivity index (χ2n) is 3.40. The number of nitrogens with zero attached hydrogens (tertiary/aromatic N) is 1. The smallest absolute Gasteiger partial charge is 0.217 e. The van der Waals surface area contributed by atoms with Crippen LogP contribution in [0, 0.1) is 11.3 Å². The molecule has 0 heterocycles. The highest BCUT2D eigenvalue weighted by Crippen LogP contribution is 2.18.